The minimum atomic E-state index is 0. The van der Waals surface area contributed by atoms with E-state index in [1.165, 1.54) is 0 Å². The normalized spacial score (nSPS) is 8.75. The van der Waals surface area contributed by atoms with E-state index in [0.717, 1.165) is 11.5 Å². The third-order valence-electron chi connectivity index (χ3n) is 1.41. The first-order valence-corrected chi connectivity index (χ1v) is 3.06. The van der Waals surface area contributed by atoms with E-state index in [2.05, 4.69) is 16.3 Å². The van der Waals surface area contributed by atoms with Crippen LogP contribution in [0.25, 0.3) is 5.65 Å². The standard InChI is InChI=1S/C7H6N3.ClH.Mg/c1-6-8-9-7-4-2-3-5-10(6)7;;/h2-3,5H,1H3;1H;/q-1;;+2/p-1. The zero-order chi connectivity index (χ0) is 6.97. The second-order valence-electron chi connectivity index (χ2n) is 2.09. The predicted octanol–water partition coefficient (Wildman–Crippen LogP) is -2.54. The molecule has 2 aromatic heterocycles. The summed E-state index contributed by atoms with van der Waals surface area (Å²) in [6.45, 7) is 1.91. The van der Waals surface area contributed by atoms with Crippen LogP contribution in [0.5, 0.6) is 0 Å². The monoisotopic (exact) mass is 191 g/mol. The van der Waals surface area contributed by atoms with Crippen LogP contribution < -0.4 is 12.4 Å². The van der Waals surface area contributed by atoms with Gasteiger partial charge in [0.05, 0.1) is 5.65 Å². The Hall–Kier alpha value is -0.324. The van der Waals surface area contributed by atoms with Crippen molar-refractivity contribution < 1.29 is 12.4 Å². The molecule has 0 aliphatic heterocycles. The Kier molecular flexibility index (Phi) is 4.52. The molecule has 0 aromatic carbocycles. The van der Waals surface area contributed by atoms with Crippen LogP contribution in [0, 0.1) is 13.0 Å². The van der Waals surface area contributed by atoms with Gasteiger partial charge in [0.25, 0.3) is 0 Å². The third kappa shape index (κ3) is 1.88. The van der Waals surface area contributed by atoms with Gasteiger partial charge in [0.15, 0.2) is 0 Å². The summed E-state index contributed by atoms with van der Waals surface area (Å²) in [6.07, 6.45) is 1.92. The first-order valence-electron chi connectivity index (χ1n) is 3.06. The fourth-order valence-corrected chi connectivity index (χ4v) is 0.898. The largest absolute Gasteiger partial charge is 2.00 e. The topological polar surface area (TPSA) is 30.2 Å². The van der Waals surface area contributed by atoms with Gasteiger partial charge < -0.3 is 16.8 Å². The van der Waals surface area contributed by atoms with E-state index < -0.39 is 0 Å². The number of aromatic nitrogens is 3. The Morgan fingerprint density at radius 1 is 1.42 bits per heavy atom. The van der Waals surface area contributed by atoms with Crippen molar-refractivity contribution in [1.82, 2.24) is 14.6 Å². The van der Waals surface area contributed by atoms with E-state index in [1.54, 1.807) is 0 Å². The number of fused-ring (bicyclic) bond motifs is 1. The smallest absolute Gasteiger partial charge is 1.00 e. The second-order valence-corrected chi connectivity index (χ2v) is 2.09. The van der Waals surface area contributed by atoms with Gasteiger partial charge in [0.2, 0.25) is 0 Å². The van der Waals surface area contributed by atoms with Gasteiger partial charge in [0, 0.05) is 0 Å². The fourth-order valence-electron chi connectivity index (χ4n) is 0.898. The molecule has 0 aliphatic rings. The maximum atomic E-state index is 3.88. The van der Waals surface area contributed by atoms with E-state index in [0.29, 0.717) is 0 Å². The SMILES string of the molecule is Cc1nnc2[c-]cccn12.[Cl-].[Mg+2]. The van der Waals surface area contributed by atoms with Gasteiger partial charge in [-0.15, -0.1) is 5.10 Å². The molecule has 0 aliphatic carbocycles. The quantitative estimate of drug-likeness (QED) is 0.340. The maximum Gasteiger partial charge on any atom is 2.00 e. The summed E-state index contributed by atoms with van der Waals surface area (Å²) in [5.74, 6) is 0.895. The average molecular weight is 192 g/mol. The van der Waals surface area contributed by atoms with Crippen LogP contribution in [0.4, 0.5) is 0 Å². The molecule has 12 heavy (non-hydrogen) atoms. The zero-order valence-corrected chi connectivity index (χ0v) is 8.83. The third-order valence-corrected chi connectivity index (χ3v) is 1.41. The zero-order valence-electron chi connectivity index (χ0n) is 6.66. The van der Waals surface area contributed by atoms with Crippen molar-refractivity contribution in [3.63, 3.8) is 0 Å². The molecule has 2 heterocycles. The van der Waals surface area contributed by atoms with Crippen LogP contribution in [0.3, 0.4) is 0 Å². The molecule has 0 N–H and O–H groups in total. The molecule has 0 bridgehead atoms. The second kappa shape index (κ2) is 4.64. The molecule has 3 nitrogen and oxygen atoms in total. The number of pyridine rings is 1. The molecular formula is C7H6ClMgN3. The Morgan fingerprint density at radius 2 is 2.17 bits per heavy atom. The summed E-state index contributed by atoms with van der Waals surface area (Å²) >= 11 is 0. The van der Waals surface area contributed by atoms with Gasteiger partial charge in [-0.1, -0.05) is 6.20 Å². The Balaban J connectivity index is 0.000000605. The summed E-state index contributed by atoms with van der Waals surface area (Å²) in [5.41, 5.74) is 0.778. The molecule has 0 unspecified atom stereocenters. The number of hydrogen-bond acceptors (Lipinski definition) is 2. The van der Waals surface area contributed by atoms with Gasteiger partial charge in [-0.05, 0) is 6.92 Å². The van der Waals surface area contributed by atoms with E-state index >= 15 is 0 Å². The van der Waals surface area contributed by atoms with Crippen molar-refractivity contribution >= 4 is 28.7 Å². The van der Waals surface area contributed by atoms with Crippen LogP contribution in [0.1, 0.15) is 5.82 Å². The molecule has 0 amide bonds. The molecule has 0 spiro atoms. The van der Waals surface area contributed by atoms with E-state index in [4.69, 9.17) is 0 Å². The fraction of sp³-hybridized carbons (Fsp3) is 0.143. The summed E-state index contributed by atoms with van der Waals surface area (Å²) in [5, 5.41) is 7.75. The molecule has 0 atom stereocenters. The number of aryl methyl sites for hydroxylation is 1. The molecule has 5 heteroatoms. The Labute approximate surface area is 92.7 Å². The van der Waals surface area contributed by atoms with Crippen molar-refractivity contribution in [2.75, 3.05) is 0 Å². The Morgan fingerprint density at radius 3 is 2.83 bits per heavy atom. The summed E-state index contributed by atoms with van der Waals surface area (Å²) < 4.78 is 1.89. The number of nitrogens with zero attached hydrogens (tertiary/aromatic N) is 3. The summed E-state index contributed by atoms with van der Waals surface area (Å²) in [6, 6.07) is 6.69. The van der Waals surface area contributed by atoms with Crippen LogP contribution in [0.2, 0.25) is 0 Å². The first kappa shape index (κ1) is 11.7. The minimum absolute atomic E-state index is 0. The van der Waals surface area contributed by atoms with Gasteiger partial charge in [-0.3, -0.25) is 0 Å². The van der Waals surface area contributed by atoms with Crippen LogP contribution in [-0.4, -0.2) is 37.7 Å². The molecule has 0 saturated carbocycles. The summed E-state index contributed by atoms with van der Waals surface area (Å²) in [4.78, 5) is 0. The van der Waals surface area contributed by atoms with Gasteiger partial charge in [-0.25, -0.2) is 12.1 Å². The molecule has 2 aromatic rings. The molecular weight excluding hydrogens is 186 g/mol. The Bertz CT molecular complexity index is 360. The molecule has 58 valence electrons. The van der Waals surface area contributed by atoms with Crippen LogP contribution in [0.15, 0.2) is 18.3 Å². The van der Waals surface area contributed by atoms with E-state index in [9.17, 15) is 0 Å². The van der Waals surface area contributed by atoms with Gasteiger partial charge in [-0.2, -0.15) is 11.2 Å². The molecule has 2 rings (SSSR count). The van der Waals surface area contributed by atoms with Crippen LogP contribution >= 0.6 is 0 Å². The molecule has 0 saturated heterocycles. The minimum Gasteiger partial charge on any atom is -1.00 e. The van der Waals surface area contributed by atoms with E-state index in [-0.39, 0.29) is 35.5 Å². The maximum absolute atomic E-state index is 3.88. The molecule has 0 radical (unpaired) electrons. The number of hydrogen-bond donors (Lipinski definition) is 0. The van der Waals surface area contributed by atoms with Crippen molar-refractivity contribution in [2.24, 2.45) is 0 Å². The molecule has 0 fully saturated rings. The van der Waals surface area contributed by atoms with Gasteiger partial charge >= 0.3 is 23.1 Å². The number of halogens is 1. The predicted molar refractivity (Wildman–Crippen MR) is 42.3 cm³/mol. The first-order chi connectivity index (χ1) is 4.88. The van der Waals surface area contributed by atoms with E-state index in [1.807, 2.05) is 29.7 Å². The van der Waals surface area contributed by atoms with Crippen molar-refractivity contribution in [3.05, 3.63) is 30.2 Å². The van der Waals surface area contributed by atoms with Crippen molar-refractivity contribution in [1.29, 1.82) is 0 Å². The van der Waals surface area contributed by atoms with Gasteiger partial charge in [0.1, 0.15) is 5.82 Å². The summed E-state index contributed by atoms with van der Waals surface area (Å²) in [7, 11) is 0. The van der Waals surface area contributed by atoms with Crippen molar-refractivity contribution in [3.8, 4) is 0 Å². The number of rotatable bonds is 0. The van der Waals surface area contributed by atoms with Crippen LogP contribution in [-0.2, 0) is 0 Å². The van der Waals surface area contributed by atoms with Crippen molar-refractivity contribution in [2.45, 2.75) is 6.92 Å². The average Bonchev–Trinajstić information content (AvgIpc) is 2.34.